The molecule has 0 radical (unpaired) electrons. The van der Waals surface area contributed by atoms with Gasteiger partial charge in [-0.3, -0.25) is 9.88 Å². The lowest BCUT2D eigenvalue weighted by Gasteiger charge is -2.40. The van der Waals surface area contributed by atoms with E-state index >= 15 is 0 Å². The summed E-state index contributed by atoms with van der Waals surface area (Å²) < 4.78 is 40.2. The Morgan fingerprint density at radius 1 is 1.04 bits per heavy atom. The zero-order valence-electron chi connectivity index (χ0n) is 14.5. The zero-order valence-corrected chi connectivity index (χ0v) is 15.3. The number of piperidine rings is 1. The van der Waals surface area contributed by atoms with Crippen molar-refractivity contribution in [3.63, 3.8) is 0 Å². The van der Waals surface area contributed by atoms with Crippen LogP contribution in [0.5, 0.6) is 0 Å². The highest BCUT2D eigenvalue weighted by Gasteiger charge is 2.33. The van der Waals surface area contributed by atoms with E-state index in [1.54, 1.807) is 0 Å². The molecule has 2 aliphatic rings. The smallest absolute Gasteiger partial charge is 0.244 e. The standard InChI is InChI=1S/C19H22FN3O2S/c20-17-11-19(13-21-12-17)26(24,25)23-9-6-18(7-10-23)22-8-5-15-3-1-2-4-16(15)14-22/h1-4,11-13,18H,5-10,14H2. The lowest BCUT2D eigenvalue weighted by molar-refractivity contribution is 0.126. The molecule has 1 saturated heterocycles. The average Bonchev–Trinajstić information content (AvgIpc) is 2.68. The van der Waals surface area contributed by atoms with Crippen molar-refractivity contribution in [2.75, 3.05) is 19.6 Å². The largest absolute Gasteiger partial charge is 0.296 e. The van der Waals surface area contributed by atoms with Gasteiger partial charge in [0.1, 0.15) is 10.7 Å². The Kier molecular flexibility index (Phi) is 4.77. The van der Waals surface area contributed by atoms with Crippen LogP contribution in [0.4, 0.5) is 4.39 Å². The number of fused-ring (bicyclic) bond motifs is 1. The van der Waals surface area contributed by atoms with Gasteiger partial charge in [-0.2, -0.15) is 4.31 Å². The number of halogens is 1. The van der Waals surface area contributed by atoms with E-state index in [1.807, 2.05) is 0 Å². The van der Waals surface area contributed by atoms with Crippen molar-refractivity contribution in [1.82, 2.24) is 14.2 Å². The SMILES string of the molecule is O=S(=O)(c1cncc(F)c1)N1CCC(N2CCc3ccccc3C2)CC1. The molecule has 7 heteroatoms. The summed E-state index contributed by atoms with van der Waals surface area (Å²) in [6.45, 7) is 2.87. The molecule has 1 aromatic carbocycles. The molecule has 0 spiro atoms. The van der Waals surface area contributed by atoms with Crippen LogP contribution in [0.2, 0.25) is 0 Å². The third-order valence-electron chi connectivity index (χ3n) is 5.42. The van der Waals surface area contributed by atoms with Gasteiger partial charge in [0.25, 0.3) is 0 Å². The molecule has 0 N–H and O–H groups in total. The van der Waals surface area contributed by atoms with Gasteiger partial charge in [0.05, 0.1) is 6.20 Å². The molecule has 0 amide bonds. The average molecular weight is 375 g/mol. The highest BCUT2D eigenvalue weighted by atomic mass is 32.2. The van der Waals surface area contributed by atoms with Gasteiger partial charge < -0.3 is 0 Å². The number of sulfonamides is 1. The molecule has 0 saturated carbocycles. The molecule has 138 valence electrons. The Labute approximate surface area is 153 Å². The van der Waals surface area contributed by atoms with Crippen molar-refractivity contribution in [3.05, 3.63) is 59.7 Å². The van der Waals surface area contributed by atoms with Crippen LogP contribution in [0.1, 0.15) is 24.0 Å². The van der Waals surface area contributed by atoms with E-state index in [2.05, 4.69) is 34.1 Å². The Morgan fingerprint density at radius 3 is 2.50 bits per heavy atom. The summed E-state index contributed by atoms with van der Waals surface area (Å²) in [5, 5.41) is 0. The Bertz CT molecular complexity index is 895. The van der Waals surface area contributed by atoms with E-state index in [1.165, 1.54) is 21.6 Å². The van der Waals surface area contributed by atoms with Crippen molar-refractivity contribution < 1.29 is 12.8 Å². The first-order valence-electron chi connectivity index (χ1n) is 8.95. The van der Waals surface area contributed by atoms with E-state index in [0.29, 0.717) is 19.1 Å². The van der Waals surface area contributed by atoms with Crippen molar-refractivity contribution >= 4 is 10.0 Å². The fraction of sp³-hybridized carbons (Fsp3) is 0.421. The lowest BCUT2D eigenvalue weighted by Crippen LogP contribution is -2.48. The molecule has 1 fully saturated rings. The number of rotatable bonds is 3. The maximum Gasteiger partial charge on any atom is 0.244 e. The number of hydrogen-bond donors (Lipinski definition) is 0. The van der Waals surface area contributed by atoms with Crippen LogP contribution in [0.3, 0.4) is 0 Å². The first-order chi connectivity index (χ1) is 12.5. The second kappa shape index (κ2) is 7.06. The number of aromatic nitrogens is 1. The summed E-state index contributed by atoms with van der Waals surface area (Å²) in [7, 11) is -3.68. The third-order valence-corrected chi connectivity index (χ3v) is 7.28. The number of hydrogen-bond acceptors (Lipinski definition) is 4. The fourth-order valence-electron chi connectivity index (χ4n) is 3.96. The van der Waals surface area contributed by atoms with Gasteiger partial charge in [-0.1, -0.05) is 24.3 Å². The van der Waals surface area contributed by atoms with Gasteiger partial charge in [-0.25, -0.2) is 12.8 Å². The molecule has 0 atom stereocenters. The van der Waals surface area contributed by atoms with Crippen LogP contribution < -0.4 is 0 Å². The molecule has 3 heterocycles. The predicted molar refractivity (Wildman–Crippen MR) is 96.5 cm³/mol. The van der Waals surface area contributed by atoms with Gasteiger partial charge in [-0.05, 0) is 36.5 Å². The van der Waals surface area contributed by atoms with Gasteiger partial charge in [0, 0.05) is 38.4 Å². The maximum atomic E-state index is 13.3. The quantitative estimate of drug-likeness (QED) is 0.827. The second-order valence-corrected chi connectivity index (χ2v) is 8.90. The van der Waals surface area contributed by atoms with Crippen molar-refractivity contribution in [2.45, 2.75) is 36.7 Å². The Morgan fingerprint density at radius 2 is 1.77 bits per heavy atom. The molecule has 5 nitrogen and oxygen atoms in total. The molecular weight excluding hydrogens is 353 g/mol. The number of pyridine rings is 1. The van der Waals surface area contributed by atoms with E-state index in [4.69, 9.17) is 0 Å². The predicted octanol–water partition coefficient (Wildman–Crippen LogP) is 2.43. The first-order valence-corrected chi connectivity index (χ1v) is 10.4. The van der Waals surface area contributed by atoms with Gasteiger partial charge >= 0.3 is 0 Å². The summed E-state index contributed by atoms with van der Waals surface area (Å²) in [6, 6.07) is 9.95. The molecular formula is C19H22FN3O2S. The number of benzene rings is 1. The van der Waals surface area contributed by atoms with Gasteiger partial charge in [0.15, 0.2) is 0 Å². The van der Waals surface area contributed by atoms with E-state index in [9.17, 15) is 12.8 Å². The van der Waals surface area contributed by atoms with E-state index < -0.39 is 15.8 Å². The Balaban J connectivity index is 1.42. The summed E-state index contributed by atoms with van der Waals surface area (Å²) in [4.78, 5) is 6.07. The zero-order chi connectivity index (χ0) is 18.1. The topological polar surface area (TPSA) is 53.5 Å². The van der Waals surface area contributed by atoms with Gasteiger partial charge in [-0.15, -0.1) is 0 Å². The molecule has 26 heavy (non-hydrogen) atoms. The van der Waals surface area contributed by atoms with Crippen LogP contribution in [0, 0.1) is 5.82 Å². The minimum absolute atomic E-state index is 0.0668. The first kappa shape index (κ1) is 17.6. The van der Waals surface area contributed by atoms with Crippen molar-refractivity contribution in [1.29, 1.82) is 0 Å². The monoisotopic (exact) mass is 375 g/mol. The highest BCUT2D eigenvalue weighted by Crippen LogP contribution is 2.27. The lowest BCUT2D eigenvalue weighted by atomic mass is 9.96. The number of nitrogens with zero attached hydrogens (tertiary/aromatic N) is 3. The molecule has 1 aromatic heterocycles. The molecule has 0 unspecified atom stereocenters. The summed E-state index contributed by atoms with van der Waals surface area (Å²) in [5.74, 6) is -0.632. The summed E-state index contributed by atoms with van der Waals surface area (Å²) in [5.41, 5.74) is 2.79. The molecule has 4 rings (SSSR count). The van der Waals surface area contributed by atoms with Crippen LogP contribution in [0.25, 0.3) is 0 Å². The van der Waals surface area contributed by atoms with Crippen LogP contribution in [-0.4, -0.2) is 48.3 Å². The maximum absolute atomic E-state index is 13.3. The second-order valence-electron chi connectivity index (χ2n) is 6.96. The van der Waals surface area contributed by atoms with Crippen LogP contribution in [-0.2, 0) is 23.0 Å². The van der Waals surface area contributed by atoms with Crippen molar-refractivity contribution in [3.8, 4) is 0 Å². The van der Waals surface area contributed by atoms with Crippen molar-refractivity contribution in [2.24, 2.45) is 0 Å². The minimum Gasteiger partial charge on any atom is -0.296 e. The van der Waals surface area contributed by atoms with E-state index in [0.717, 1.165) is 44.6 Å². The normalized spacial score (nSPS) is 20.0. The molecule has 0 bridgehead atoms. The minimum atomic E-state index is -3.68. The third kappa shape index (κ3) is 3.39. The van der Waals surface area contributed by atoms with Crippen LogP contribution in [0.15, 0.2) is 47.6 Å². The van der Waals surface area contributed by atoms with E-state index in [-0.39, 0.29) is 4.90 Å². The fourth-order valence-corrected chi connectivity index (χ4v) is 5.40. The summed E-state index contributed by atoms with van der Waals surface area (Å²) in [6.07, 6.45) is 4.86. The molecule has 2 aromatic rings. The highest BCUT2D eigenvalue weighted by molar-refractivity contribution is 7.89. The van der Waals surface area contributed by atoms with Gasteiger partial charge in [0.2, 0.25) is 10.0 Å². The molecule has 2 aliphatic heterocycles. The Hall–Kier alpha value is -1.83. The van der Waals surface area contributed by atoms with Crippen LogP contribution >= 0.6 is 0 Å². The molecule has 0 aliphatic carbocycles. The summed E-state index contributed by atoms with van der Waals surface area (Å²) >= 11 is 0.